The van der Waals surface area contributed by atoms with Crippen molar-refractivity contribution in [1.29, 1.82) is 0 Å². The lowest BCUT2D eigenvalue weighted by Crippen LogP contribution is -2.43. The molecule has 0 saturated carbocycles. The fourth-order valence-electron chi connectivity index (χ4n) is 3.49. The van der Waals surface area contributed by atoms with E-state index in [1.165, 1.54) is 31.3 Å². The highest BCUT2D eigenvalue weighted by Gasteiger charge is 2.27. The topological polar surface area (TPSA) is 49.4 Å². The van der Waals surface area contributed by atoms with Gasteiger partial charge in [0.25, 0.3) is 0 Å². The zero-order valence-electron chi connectivity index (χ0n) is 14.8. The van der Waals surface area contributed by atoms with Crippen LogP contribution in [-0.4, -0.2) is 36.3 Å². The highest BCUT2D eigenvalue weighted by atomic mass is 16.2. The SMILES string of the molecule is CC(C)CC(=O)N1CCC(C(=O)NCCC2=CCCCC2)CC1. The largest absolute Gasteiger partial charge is 0.356 e. The second-order valence-electron chi connectivity index (χ2n) is 7.40. The van der Waals surface area contributed by atoms with Gasteiger partial charge in [-0.05, 0) is 50.9 Å². The average Bonchev–Trinajstić information content (AvgIpc) is 2.55. The first kappa shape index (κ1) is 18.0. The summed E-state index contributed by atoms with van der Waals surface area (Å²) in [5.41, 5.74) is 1.51. The molecule has 2 aliphatic rings. The molecule has 1 aliphatic carbocycles. The van der Waals surface area contributed by atoms with E-state index in [1.807, 2.05) is 4.90 Å². The number of likely N-dealkylation sites (tertiary alicyclic amines) is 1. The van der Waals surface area contributed by atoms with Crippen molar-refractivity contribution in [1.82, 2.24) is 10.2 Å². The maximum atomic E-state index is 12.3. The van der Waals surface area contributed by atoms with Crippen LogP contribution < -0.4 is 5.32 Å². The number of nitrogens with zero attached hydrogens (tertiary/aromatic N) is 1. The van der Waals surface area contributed by atoms with Gasteiger partial charge in [0.15, 0.2) is 0 Å². The van der Waals surface area contributed by atoms with Crippen molar-refractivity contribution < 1.29 is 9.59 Å². The molecule has 1 aliphatic heterocycles. The molecule has 23 heavy (non-hydrogen) atoms. The predicted molar refractivity (Wildman–Crippen MR) is 92.9 cm³/mol. The second kappa shape index (κ2) is 9.09. The summed E-state index contributed by atoms with van der Waals surface area (Å²) in [6.07, 6.45) is 10.6. The Morgan fingerprint density at radius 1 is 1.26 bits per heavy atom. The van der Waals surface area contributed by atoms with Gasteiger partial charge in [0.1, 0.15) is 0 Å². The molecule has 0 spiro atoms. The molecule has 0 unspecified atom stereocenters. The fourth-order valence-corrected chi connectivity index (χ4v) is 3.49. The summed E-state index contributed by atoms with van der Waals surface area (Å²) in [5.74, 6) is 0.900. The number of nitrogens with one attached hydrogen (secondary N) is 1. The van der Waals surface area contributed by atoms with Gasteiger partial charge in [-0.3, -0.25) is 9.59 Å². The number of piperidine rings is 1. The first-order valence-electron chi connectivity index (χ1n) is 9.29. The number of amides is 2. The molecular formula is C19H32N2O2. The lowest BCUT2D eigenvalue weighted by atomic mass is 9.94. The number of rotatable bonds is 6. The van der Waals surface area contributed by atoms with Crippen LogP contribution in [0.15, 0.2) is 11.6 Å². The van der Waals surface area contributed by atoms with Crippen molar-refractivity contribution in [3.63, 3.8) is 0 Å². The summed E-state index contributed by atoms with van der Waals surface area (Å²) < 4.78 is 0. The van der Waals surface area contributed by atoms with E-state index >= 15 is 0 Å². The van der Waals surface area contributed by atoms with Crippen LogP contribution in [0.3, 0.4) is 0 Å². The van der Waals surface area contributed by atoms with Gasteiger partial charge in [-0.15, -0.1) is 0 Å². The minimum Gasteiger partial charge on any atom is -0.356 e. The molecule has 1 saturated heterocycles. The zero-order valence-corrected chi connectivity index (χ0v) is 14.8. The molecule has 1 fully saturated rings. The van der Waals surface area contributed by atoms with Crippen LogP contribution in [0.25, 0.3) is 0 Å². The molecule has 2 rings (SSSR count). The second-order valence-corrected chi connectivity index (χ2v) is 7.40. The quantitative estimate of drug-likeness (QED) is 0.764. The van der Waals surface area contributed by atoms with Crippen molar-refractivity contribution in [3.05, 3.63) is 11.6 Å². The van der Waals surface area contributed by atoms with Crippen LogP contribution in [0.2, 0.25) is 0 Å². The average molecular weight is 320 g/mol. The van der Waals surface area contributed by atoms with E-state index in [0.717, 1.165) is 38.9 Å². The summed E-state index contributed by atoms with van der Waals surface area (Å²) in [6, 6.07) is 0. The van der Waals surface area contributed by atoms with Gasteiger partial charge in [-0.25, -0.2) is 0 Å². The molecule has 1 N–H and O–H groups in total. The van der Waals surface area contributed by atoms with Gasteiger partial charge in [-0.1, -0.05) is 25.5 Å². The first-order chi connectivity index (χ1) is 11.1. The van der Waals surface area contributed by atoms with Crippen LogP contribution in [0.4, 0.5) is 0 Å². The van der Waals surface area contributed by atoms with Gasteiger partial charge in [-0.2, -0.15) is 0 Å². The lowest BCUT2D eigenvalue weighted by Gasteiger charge is -2.32. The Balaban J connectivity index is 1.65. The number of carbonyl (C=O) groups excluding carboxylic acids is 2. The molecule has 130 valence electrons. The Bertz CT molecular complexity index is 435. The van der Waals surface area contributed by atoms with Crippen LogP contribution >= 0.6 is 0 Å². The molecule has 4 nitrogen and oxygen atoms in total. The number of hydrogen-bond donors (Lipinski definition) is 1. The molecular weight excluding hydrogens is 288 g/mol. The van der Waals surface area contributed by atoms with Crippen LogP contribution in [0, 0.1) is 11.8 Å². The smallest absolute Gasteiger partial charge is 0.223 e. The van der Waals surface area contributed by atoms with E-state index in [-0.39, 0.29) is 17.7 Å². The predicted octanol–water partition coefficient (Wildman–Crippen LogP) is 3.28. The van der Waals surface area contributed by atoms with Gasteiger partial charge >= 0.3 is 0 Å². The zero-order chi connectivity index (χ0) is 16.7. The number of carbonyl (C=O) groups is 2. The number of hydrogen-bond acceptors (Lipinski definition) is 2. The molecule has 0 atom stereocenters. The summed E-state index contributed by atoms with van der Waals surface area (Å²) in [4.78, 5) is 26.2. The van der Waals surface area contributed by atoms with Crippen molar-refractivity contribution in [2.24, 2.45) is 11.8 Å². The Morgan fingerprint density at radius 3 is 2.61 bits per heavy atom. The van der Waals surface area contributed by atoms with Gasteiger partial charge in [0.05, 0.1) is 0 Å². The van der Waals surface area contributed by atoms with Crippen molar-refractivity contribution in [2.45, 2.75) is 65.2 Å². The maximum Gasteiger partial charge on any atom is 0.223 e. The Kier molecular flexibility index (Phi) is 7.13. The minimum atomic E-state index is 0.0819. The van der Waals surface area contributed by atoms with E-state index < -0.39 is 0 Å². The third-order valence-electron chi connectivity index (χ3n) is 4.93. The summed E-state index contributed by atoms with van der Waals surface area (Å²) in [7, 11) is 0. The summed E-state index contributed by atoms with van der Waals surface area (Å²) in [5, 5.41) is 3.09. The van der Waals surface area contributed by atoms with Crippen LogP contribution in [0.1, 0.15) is 65.2 Å². The molecule has 4 heteroatoms. The molecule has 2 amide bonds. The molecule has 1 heterocycles. The standard InChI is InChI=1S/C19H32N2O2/c1-15(2)14-18(22)21-12-9-17(10-13-21)19(23)20-11-8-16-6-4-3-5-7-16/h6,15,17H,3-5,7-14H2,1-2H3,(H,20,23). The van der Waals surface area contributed by atoms with Gasteiger partial charge in [0, 0.05) is 32.0 Å². The fraction of sp³-hybridized carbons (Fsp3) is 0.789. The van der Waals surface area contributed by atoms with Crippen LogP contribution in [-0.2, 0) is 9.59 Å². The van der Waals surface area contributed by atoms with Crippen LogP contribution in [0.5, 0.6) is 0 Å². The van der Waals surface area contributed by atoms with E-state index in [1.54, 1.807) is 0 Å². The van der Waals surface area contributed by atoms with Crippen molar-refractivity contribution in [3.8, 4) is 0 Å². The van der Waals surface area contributed by atoms with E-state index in [4.69, 9.17) is 0 Å². The van der Waals surface area contributed by atoms with Gasteiger partial charge < -0.3 is 10.2 Å². The molecule has 0 aromatic carbocycles. The Hall–Kier alpha value is -1.32. The molecule has 0 bridgehead atoms. The third kappa shape index (κ3) is 6.00. The molecule has 0 aromatic rings. The normalized spacial score (nSPS) is 19.6. The summed E-state index contributed by atoms with van der Waals surface area (Å²) in [6.45, 7) is 6.36. The van der Waals surface area contributed by atoms with Crippen molar-refractivity contribution in [2.75, 3.05) is 19.6 Å². The van der Waals surface area contributed by atoms with E-state index in [9.17, 15) is 9.59 Å². The third-order valence-corrected chi connectivity index (χ3v) is 4.93. The molecule has 0 aromatic heterocycles. The van der Waals surface area contributed by atoms with E-state index in [2.05, 4.69) is 25.2 Å². The monoisotopic (exact) mass is 320 g/mol. The van der Waals surface area contributed by atoms with E-state index in [0.29, 0.717) is 12.3 Å². The highest BCUT2D eigenvalue weighted by Crippen LogP contribution is 2.21. The summed E-state index contributed by atoms with van der Waals surface area (Å²) >= 11 is 0. The Morgan fingerprint density at radius 2 is 2.00 bits per heavy atom. The first-order valence-corrected chi connectivity index (χ1v) is 9.29. The Labute approximate surface area is 140 Å². The molecule has 0 radical (unpaired) electrons. The highest BCUT2D eigenvalue weighted by molar-refractivity contribution is 5.80. The minimum absolute atomic E-state index is 0.0819. The lowest BCUT2D eigenvalue weighted by molar-refractivity contribution is -0.136. The van der Waals surface area contributed by atoms with Gasteiger partial charge in [0.2, 0.25) is 11.8 Å². The number of allylic oxidation sites excluding steroid dienone is 1. The van der Waals surface area contributed by atoms with Crippen molar-refractivity contribution >= 4 is 11.8 Å². The maximum absolute atomic E-state index is 12.3.